The molecule has 1 N–H and O–H groups in total. The molecular weight excluding hydrogens is 302 g/mol. The van der Waals surface area contributed by atoms with Gasteiger partial charge in [-0.1, -0.05) is 0 Å². The first-order chi connectivity index (χ1) is 10.7. The monoisotopic (exact) mass is 317 g/mol. The number of nitrogens with one attached hydrogen (secondary N) is 1. The van der Waals surface area contributed by atoms with Crippen molar-refractivity contribution < 1.29 is 19.0 Å². The molecule has 2 aromatic rings. The number of carbonyl (C=O) groups is 1. The minimum absolute atomic E-state index is 0.0486. The van der Waals surface area contributed by atoms with Crippen LogP contribution >= 0.6 is 11.8 Å². The van der Waals surface area contributed by atoms with Crippen LogP contribution in [0.5, 0.6) is 17.2 Å². The Morgan fingerprint density at radius 1 is 1.18 bits per heavy atom. The van der Waals surface area contributed by atoms with E-state index in [1.807, 2.05) is 30.5 Å². The van der Waals surface area contributed by atoms with E-state index in [1.54, 1.807) is 30.0 Å². The molecule has 0 spiro atoms. The van der Waals surface area contributed by atoms with Gasteiger partial charge >= 0.3 is 0 Å². The number of carbonyl (C=O) groups excluding carboxylic acids is 1. The summed E-state index contributed by atoms with van der Waals surface area (Å²) in [6.45, 7) is 0.162. The quantitative estimate of drug-likeness (QED) is 0.859. The summed E-state index contributed by atoms with van der Waals surface area (Å²) in [5, 5.41) is 2.76. The van der Waals surface area contributed by atoms with Crippen LogP contribution in [-0.4, -0.2) is 25.6 Å². The van der Waals surface area contributed by atoms with Crippen LogP contribution in [0, 0.1) is 0 Å². The number of fused-ring (bicyclic) bond motifs is 1. The predicted molar refractivity (Wildman–Crippen MR) is 84.9 cm³/mol. The van der Waals surface area contributed by atoms with E-state index in [0.29, 0.717) is 22.9 Å². The van der Waals surface area contributed by atoms with Crippen molar-refractivity contribution in [3.05, 3.63) is 42.5 Å². The molecule has 0 bridgehead atoms. The first kappa shape index (κ1) is 14.6. The molecule has 0 atom stereocenters. The average molecular weight is 317 g/mol. The molecule has 0 fully saturated rings. The van der Waals surface area contributed by atoms with Crippen molar-refractivity contribution in [2.75, 3.05) is 25.0 Å². The lowest BCUT2D eigenvalue weighted by molar-refractivity contribution is -0.118. The summed E-state index contributed by atoms with van der Waals surface area (Å²) in [4.78, 5) is 13.0. The maximum atomic E-state index is 11.9. The SMILES string of the molecule is CSc1ccc(OCC(=O)Nc2ccc3c(c2)OCO3)cc1. The van der Waals surface area contributed by atoms with E-state index in [0.717, 1.165) is 4.90 Å². The lowest BCUT2D eigenvalue weighted by Crippen LogP contribution is -2.20. The van der Waals surface area contributed by atoms with Crippen LogP contribution in [0.2, 0.25) is 0 Å². The highest BCUT2D eigenvalue weighted by molar-refractivity contribution is 7.98. The summed E-state index contributed by atoms with van der Waals surface area (Å²) in [6, 6.07) is 12.9. The Bertz CT molecular complexity index is 672. The Morgan fingerprint density at radius 2 is 1.95 bits per heavy atom. The summed E-state index contributed by atoms with van der Waals surface area (Å²) in [5.41, 5.74) is 0.649. The Labute approximate surface area is 132 Å². The molecule has 0 radical (unpaired) electrons. The van der Waals surface area contributed by atoms with Crippen molar-refractivity contribution in [3.8, 4) is 17.2 Å². The van der Waals surface area contributed by atoms with Gasteiger partial charge in [0.15, 0.2) is 18.1 Å². The van der Waals surface area contributed by atoms with Crippen LogP contribution in [0.1, 0.15) is 0 Å². The third kappa shape index (κ3) is 3.46. The average Bonchev–Trinajstić information content (AvgIpc) is 3.01. The summed E-state index contributed by atoms with van der Waals surface area (Å²) in [7, 11) is 0. The normalized spacial score (nSPS) is 12.0. The van der Waals surface area contributed by atoms with Gasteiger partial charge < -0.3 is 19.5 Å². The second-order valence-corrected chi connectivity index (χ2v) is 5.46. The van der Waals surface area contributed by atoms with Gasteiger partial charge in [-0.3, -0.25) is 4.79 Å². The molecule has 0 aromatic heterocycles. The highest BCUT2D eigenvalue weighted by Gasteiger charge is 2.14. The topological polar surface area (TPSA) is 56.8 Å². The van der Waals surface area contributed by atoms with Crippen molar-refractivity contribution in [1.29, 1.82) is 0 Å². The van der Waals surface area contributed by atoms with Crippen LogP contribution in [0.4, 0.5) is 5.69 Å². The fourth-order valence-corrected chi connectivity index (χ4v) is 2.40. The minimum Gasteiger partial charge on any atom is -0.484 e. The predicted octanol–water partition coefficient (Wildman–Crippen LogP) is 3.15. The molecule has 3 rings (SSSR count). The van der Waals surface area contributed by atoms with E-state index in [9.17, 15) is 4.79 Å². The molecule has 0 aliphatic carbocycles. The summed E-state index contributed by atoms with van der Waals surface area (Å²) < 4.78 is 15.9. The Kier molecular flexibility index (Phi) is 4.39. The van der Waals surface area contributed by atoms with Crippen molar-refractivity contribution in [1.82, 2.24) is 0 Å². The standard InChI is InChI=1S/C16H15NO4S/c1-22-13-5-3-12(4-6-13)19-9-16(18)17-11-2-7-14-15(8-11)21-10-20-14/h2-8H,9-10H2,1H3,(H,17,18). The smallest absolute Gasteiger partial charge is 0.262 e. The molecule has 1 heterocycles. The molecule has 5 nitrogen and oxygen atoms in total. The van der Waals surface area contributed by atoms with Crippen LogP contribution < -0.4 is 19.5 Å². The first-order valence-electron chi connectivity index (χ1n) is 6.71. The van der Waals surface area contributed by atoms with Gasteiger partial charge in [-0.05, 0) is 42.7 Å². The third-order valence-electron chi connectivity index (χ3n) is 3.09. The zero-order valence-electron chi connectivity index (χ0n) is 12.0. The van der Waals surface area contributed by atoms with Gasteiger partial charge in [0.1, 0.15) is 5.75 Å². The first-order valence-corrected chi connectivity index (χ1v) is 7.93. The maximum absolute atomic E-state index is 11.9. The van der Waals surface area contributed by atoms with E-state index < -0.39 is 0 Å². The van der Waals surface area contributed by atoms with Crippen molar-refractivity contribution >= 4 is 23.4 Å². The fourth-order valence-electron chi connectivity index (χ4n) is 1.99. The van der Waals surface area contributed by atoms with E-state index in [4.69, 9.17) is 14.2 Å². The van der Waals surface area contributed by atoms with Gasteiger partial charge in [0.2, 0.25) is 6.79 Å². The molecule has 0 saturated heterocycles. The van der Waals surface area contributed by atoms with Gasteiger partial charge in [-0.25, -0.2) is 0 Å². The highest BCUT2D eigenvalue weighted by atomic mass is 32.2. The number of hydrogen-bond donors (Lipinski definition) is 1. The zero-order chi connectivity index (χ0) is 15.4. The van der Waals surface area contributed by atoms with Crippen LogP contribution in [-0.2, 0) is 4.79 Å². The molecule has 22 heavy (non-hydrogen) atoms. The van der Waals surface area contributed by atoms with E-state index >= 15 is 0 Å². The molecule has 1 aliphatic rings. The number of ether oxygens (including phenoxy) is 3. The van der Waals surface area contributed by atoms with Crippen molar-refractivity contribution in [2.24, 2.45) is 0 Å². The molecule has 114 valence electrons. The third-order valence-corrected chi connectivity index (χ3v) is 3.83. The van der Waals surface area contributed by atoms with Gasteiger partial charge in [-0.15, -0.1) is 11.8 Å². The summed E-state index contributed by atoms with van der Waals surface area (Å²) in [6.07, 6.45) is 2.01. The Balaban J connectivity index is 1.53. The second kappa shape index (κ2) is 6.62. The lowest BCUT2D eigenvalue weighted by Gasteiger charge is -2.08. The highest BCUT2D eigenvalue weighted by Crippen LogP contribution is 2.34. The molecule has 1 amide bonds. The number of thioether (sulfide) groups is 1. The van der Waals surface area contributed by atoms with E-state index in [1.165, 1.54) is 0 Å². The summed E-state index contributed by atoms with van der Waals surface area (Å²) in [5.74, 6) is 1.75. The van der Waals surface area contributed by atoms with Crippen molar-refractivity contribution in [2.45, 2.75) is 4.90 Å². The largest absolute Gasteiger partial charge is 0.484 e. The van der Waals surface area contributed by atoms with Gasteiger partial charge in [0, 0.05) is 16.6 Å². The summed E-state index contributed by atoms with van der Waals surface area (Å²) >= 11 is 1.66. The number of rotatable bonds is 5. The Hall–Kier alpha value is -2.34. The van der Waals surface area contributed by atoms with Crippen LogP contribution in [0.3, 0.4) is 0 Å². The number of hydrogen-bond acceptors (Lipinski definition) is 5. The number of anilines is 1. The van der Waals surface area contributed by atoms with Gasteiger partial charge in [-0.2, -0.15) is 0 Å². The van der Waals surface area contributed by atoms with E-state index in [-0.39, 0.29) is 19.3 Å². The fraction of sp³-hybridized carbons (Fsp3) is 0.188. The lowest BCUT2D eigenvalue weighted by atomic mass is 10.3. The molecule has 1 aliphatic heterocycles. The molecule has 0 unspecified atom stereocenters. The second-order valence-electron chi connectivity index (χ2n) is 4.58. The molecule has 2 aromatic carbocycles. The number of amides is 1. The van der Waals surface area contributed by atoms with Gasteiger partial charge in [0.05, 0.1) is 0 Å². The molecule has 0 saturated carbocycles. The zero-order valence-corrected chi connectivity index (χ0v) is 12.8. The molecule has 6 heteroatoms. The van der Waals surface area contributed by atoms with Crippen molar-refractivity contribution in [3.63, 3.8) is 0 Å². The van der Waals surface area contributed by atoms with E-state index in [2.05, 4.69) is 5.32 Å². The minimum atomic E-state index is -0.229. The number of benzene rings is 2. The van der Waals surface area contributed by atoms with Crippen LogP contribution in [0.25, 0.3) is 0 Å². The van der Waals surface area contributed by atoms with Gasteiger partial charge in [0.25, 0.3) is 5.91 Å². The maximum Gasteiger partial charge on any atom is 0.262 e. The Morgan fingerprint density at radius 3 is 2.73 bits per heavy atom. The molecular formula is C16H15NO4S. The van der Waals surface area contributed by atoms with Crippen LogP contribution in [0.15, 0.2) is 47.4 Å².